The quantitative estimate of drug-likeness (QED) is 0.859. The second-order valence-electron chi connectivity index (χ2n) is 3.72. The zero-order valence-electron chi connectivity index (χ0n) is 10.2. The molecule has 7 heteroatoms. The first kappa shape index (κ1) is 15.0. The number of carbonyl (C=O) groups is 1. The molecule has 0 unspecified atom stereocenters. The number of methoxy groups -OCH3 is 1. The van der Waals surface area contributed by atoms with Gasteiger partial charge in [0.1, 0.15) is 17.5 Å². The fourth-order valence-corrected chi connectivity index (χ4v) is 1.31. The Balaban J connectivity index is 3.20. The Morgan fingerprint density at radius 1 is 1.32 bits per heavy atom. The molecule has 1 aromatic carbocycles. The summed E-state index contributed by atoms with van der Waals surface area (Å²) in [6, 6.07) is 3.59. The predicted molar refractivity (Wildman–Crippen MR) is 62.7 cm³/mol. The van der Waals surface area contributed by atoms with Crippen molar-refractivity contribution in [2.24, 2.45) is 4.99 Å². The van der Waals surface area contributed by atoms with E-state index >= 15 is 0 Å². The van der Waals surface area contributed by atoms with Crippen molar-refractivity contribution in [3.8, 4) is 5.75 Å². The average molecular weight is 275 g/mol. The van der Waals surface area contributed by atoms with Crippen molar-refractivity contribution in [2.45, 2.75) is 19.1 Å². The Morgan fingerprint density at radius 2 is 1.84 bits per heavy atom. The molecule has 0 aliphatic carbocycles. The van der Waals surface area contributed by atoms with Crippen molar-refractivity contribution in [3.05, 3.63) is 29.8 Å². The number of carboxylic acids is 1. The number of rotatable bonds is 4. The summed E-state index contributed by atoms with van der Waals surface area (Å²) < 4.78 is 43.4. The van der Waals surface area contributed by atoms with Crippen LogP contribution in [0.1, 0.15) is 12.5 Å². The maximum Gasteiger partial charge on any atom is 0.433 e. The second-order valence-corrected chi connectivity index (χ2v) is 3.72. The van der Waals surface area contributed by atoms with Crippen molar-refractivity contribution in [2.75, 3.05) is 7.11 Å². The highest BCUT2D eigenvalue weighted by atomic mass is 19.4. The van der Waals surface area contributed by atoms with E-state index in [0.717, 1.165) is 6.92 Å². The summed E-state index contributed by atoms with van der Waals surface area (Å²) >= 11 is 0. The molecule has 0 aromatic heterocycles. The van der Waals surface area contributed by atoms with Gasteiger partial charge >= 0.3 is 12.1 Å². The normalized spacial score (nSPS) is 14.1. The third-order valence-electron chi connectivity index (χ3n) is 2.31. The molecule has 0 amide bonds. The number of hydrogen-bond donors (Lipinski definition) is 1. The van der Waals surface area contributed by atoms with Crippen LogP contribution in [0.15, 0.2) is 29.3 Å². The highest BCUT2D eigenvalue weighted by Gasteiger charge is 2.37. The van der Waals surface area contributed by atoms with E-state index in [1.165, 1.54) is 31.4 Å². The Kier molecular flexibility index (Phi) is 4.52. The SMILES string of the molecule is COc1ccc(C(=N[C@@H](C)C(=O)O)C(F)(F)F)cc1. The number of ether oxygens (including phenoxy) is 1. The van der Waals surface area contributed by atoms with E-state index in [1.54, 1.807) is 0 Å². The number of alkyl halides is 3. The van der Waals surface area contributed by atoms with Crippen molar-refractivity contribution in [3.63, 3.8) is 0 Å². The van der Waals surface area contributed by atoms with Crippen LogP contribution in [0.4, 0.5) is 13.2 Å². The standard InChI is InChI=1S/C12H12F3NO3/c1-7(11(17)18)16-10(12(13,14)15)8-3-5-9(19-2)6-4-8/h3-7H,1-2H3,(H,17,18)/t7-/m0/s1. The van der Waals surface area contributed by atoms with E-state index in [0.29, 0.717) is 5.75 Å². The van der Waals surface area contributed by atoms with Crippen molar-refractivity contribution >= 4 is 11.7 Å². The monoisotopic (exact) mass is 275 g/mol. The molecule has 0 radical (unpaired) electrons. The minimum Gasteiger partial charge on any atom is -0.497 e. The van der Waals surface area contributed by atoms with Gasteiger partial charge < -0.3 is 9.84 Å². The fourth-order valence-electron chi connectivity index (χ4n) is 1.31. The Bertz CT molecular complexity index is 480. The minimum atomic E-state index is -4.72. The van der Waals surface area contributed by atoms with Crippen LogP contribution < -0.4 is 4.74 Å². The molecular weight excluding hydrogens is 263 g/mol. The minimum absolute atomic E-state index is 0.207. The fraction of sp³-hybridized carbons (Fsp3) is 0.333. The van der Waals surface area contributed by atoms with Gasteiger partial charge in [0.15, 0.2) is 0 Å². The van der Waals surface area contributed by atoms with Crippen molar-refractivity contribution in [1.82, 2.24) is 0 Å². The van der Waals surface area contributed by atoms with Gasteiger partial charge in [-0.05, 0) is 31.2 Å². The van der Waals surface area contributed by atoms with E-state index in [4.69, 9.17) is 9.84 Å². The number of aliphatic carboxylic acids is 1. The molecule has 1 aromatic rings. The summed E-state index contributed by atoms with van der Waals surface area (Å²) in [5.41, 5.74) is -1.42. The molecule has 0 spiro atoms. The van der Waals surface area contributed by atoms with Gasteiger partial charge in [0.25, 0.3) is 0 Å². The molecule has 0 fully saturated rings. The number of halogens is 3. The highest BCUT2D eigenvalue weighted by molar-refractivity contribution is 6.05. The van der Waals surface area contributed by atoms with Crippen LogP contribution in [-0.2, 0) is 4.79 Å². The zero-order chi connectivity index (χ0) is 14.6. The highest BCUT2D eigenvalue weighted by Crippen LogP contribution is 2.24. The van der Waals surface area contributed by atoms with Crippen LogP contribution >= 0.6 is 0 Å². The summed E-state index contributed by atoms with van der Waals surface area (Å²) in [6.45, 7) is 1.08. The first-order valence-corrected chi connectivity index (χ1v) is 5.28. The molecule has 0 aliphatic rings. The zero-order valence-corrected chi connectivity index (χ0v) is 10.2. The van der Waals surface area contributed by atoms with Gasteiger partial charge in [0.05, 0.1) is 7.11 Å². The van der Waals surface area contributed by atoms with E-state index in [9.17, 15) is 18.0 Å². The molecular formula is C12H12F3NO3. The molecule has 0 saturated heterocycles. The third-order valence-corrected chi connectivity index (χ3v) is 2.31. The molecule has 4 nitrogen and oxygen atoms in total. The molecule has 0 bridgehead atoms. The van der Waals surface area contributed by atoms with Crippen LogP contribution in [0, 0.1) is 0 Å². The summed E-state index contributed by atoms with van der Waals surface area (Å²) in [5.74, 6) is -1.02. The van der Waals surface area contributed by atoms with Crippen LogP contribution in [-0.4, -0.2) is 36.1 Å². The Morgan fingerprint density at radius 3 is 2.21 bits per heavy atom. The van der Waals surface area contributed by atoms with Crippen LogP contribution in [0.5, 0.6) is 5.75 Å². The molecule has 0 saturated carbocycles. The predicted octanol–water partition coefficient (Wildman–Crippen LogP) is 2.52. The lowest BCUT2D eigenvalue weighted by molar-refractivity contribution is -0.138. The Hall–Kier alpha value is -2.05. The van der Waals surface area contributed by atoms with E-state index in [2.05, 4.69) is 4.99 Å². The molecule has 0 heterocycles. The lowest BCUT2D eigenvalue weighted by atomic mass is 10.1. The van der Waals surface area contributed by atoms with Crippen molar-refractivity contribution < 1.29 is 27.8 Å². The maximum atomic E-state index is 12.9. The van der Waals surface area contributed by atoms with Crippen LogP contribution in [0.3, 0.4) is 0 Å². The lowest BCUT2D eigenvalue weighted by Gasteiger charge is -2.13. The molecule has 1 atom stereocenters. The second kappa shape index (κ2) is 5.73. The number of hydrogen-bond acceptors (Lipinski definition) is 3. The smallest absolute Gasteiger partial charge is 0.433 e. The van der Waals surface area contributed by atoms with Gasteiger partial charge in [0, 0.05) is 5.56 Å². The number of nitrogens with zero attached hydrogens (tertiary/aromatic N) is 1. The number of carboxylic acid groups (broad SMARTS) is 1. The first-order chi connectivity index (χ1) is 8.75. The van der Waals surface area contributed by atoms with Gasteiger partial charge in [-0.15, -0.1) is 0 Å². The van der Waals surface area contributed by atoms with E-state index in [1.807, 2.05) is 0 Å². The third kappa shape index (κ3) is 3.97. The largest absolute Gasteiger partial charge is 0.497 e. The summed E-state index contributed by atoms with van der Waals surface area (Å²) in [5, 5.41) is 8.63. The summed E-state index contributed by atoms with van der Waals surface area (Å²) in [7, 11) is 1.39. The molecule has 104 valence electrons. The number of benzene rings is 1. The topological polar surface area (TPSA) is 58.9 Å². The van der Waals surface area contributed by atoms with Gasteiger partial charge in [-0.3, -0.25) is 4.99 Å². The van der Waals surface area contributed by atoms with Crippen LogP contribution in [0.2, 0.25) is 0 Å². The van der Waals surface area contributed by atoms with E-state index in [-0.39, 0.29) is 5.56 Å². The molecule has 1 rings (SSSR count). The molecule has 19 heavy (non-hydrogen) atoms. The summed E-state index contributed by atoms with van der Waals surface area (Å²) in [6.07, 6.45) is -4.72. The van der Waals surface area contributed by atoms with Gasteiger partial charge in [-0.2, -0.15) is 13.2 Å². The molecule has 0 aliphatic heterocycles. The van der Waals surface area contributed by atoms with Crippen molar-refractivity contribution in [1.29, 1.82) is 0 Å². The molecule has 1 N–H and O–H groups in total. The summed E-state index contributed by atoms with van der Waals surface area (Å²) in [4.78, 5) is 13.8. The van der Waals surface area contributed by atoms with Gasteiger partial charge in [0.2, 0.25) is 0 Å². The van der Waals surface area contributed by atoms with E-state index < -0.39 is 23.9 Å². The first-order valence-electron chi connectivity index (χ1n) is 5.28. The van der Waals surface area contributed by atoms with Crippen LogP contribution in [0.25, 0.3) is 0 Å². The number of aliphatic imine (C=N–C) groups is 1. The van der Waals surface area contributed by atoms with Gasteiger partial charge in [-0.1, -0.05) is 0 Å². The maximum absolute atomic E-state index is 12.9. The Labute approximate surface area is 107 Å². The van der Waals surface area contributed by atoms with Gasteiger partial charge in [-0.25, -0.2) is 4.79 Å². The average Bonchev–Trinajstić information content (AvgIpc) is 2.34. The lowest BCUT2D eigenvalue weighted by Crippen LogP contribution is -2.27.